The molecule has 0 aliphatic heterocycles. The molecule has 2 rings (SSSR count). The molecule has 0 aliphatic rings. The molecule has 1 aromatic heterocycles. The topological polar surface area (TPSA) is 73.8 Å². The zero-order valence-corrected chi connectivity index (χ0v) is 11.0. The first-order valence-corrected chi connectivity index (χ1v) is 6.34. The van der Waals surface area contributed by atoms with E-state index in [2.05, 4.69) is 10.1 Å². The molecule has 2 aromatic rings. The van der Waals surface area contributed by atoms with Crippen LogP contribution in [-0.4, -0.2) is 19.7 Å². The van der Waals surface area contributed by atoms with Crippen molar-refractivity contribution in [2.75, 3.05) is 0 Å². The largest absolute Gasteiger partial charge is 0.269 e. The lowest BCUT2D eigenvalue weighted by atomic mass is 10.2. The molecule has 0 aliphatic carbocycles. The van der Waals surface area contributed by atoms with E-state index in [4.69, 9.17) is 11.6 Å². The van der Waals surface area contributed by atoms with E-state index in [1.165, 1.54) is 36.3 Å². The molecule has 94 valence electrons. The van der Waals surface area contributed by atoms with E-state index in [1.54, 1.807) is 11.7 Å². The van der Waals surface area contributed by atoms with Gasteiger partial charge in [-0.05, 0) is 11.6 Å². The van der Waals surface area contributed by atoms with Gasteiger partial charge in [-0.25, -0.2) is 9.67 Å². The summed E-state index contributed by atoms with van der Waals surface area (Å²) in [5, 5.41) is 15.9. The highest BCUT2D eigenvalue weighted by Crippen LogP contribution is 2.28. The van der Waals surface area contributed by atoms with Gasteiger partial charge in [-0.3, -0.25) is 10.1 Å². The summed E-state index contributed by atoms with van der Waals surface area (Å²) < 4.78 is 1.63. The molecule has 0 bridgehead atoms. The number of aromatic nitrogens is 3. The van der Waals surface area contributed by atoms with Crippen molar-refractivity contribution in [2.24, 2.45) is 7.05 Å². The first kappa shape index (κ1) is 12.8. The summed E-state index contributed by atoms with van der Waals surface area (Å²) in [4.78, 5) is 14.3. The van der Waals surface area contributed by atoms with Gasteiger partial charge in [-0.2, -0.15) is 5.10 Å². The Kier molecular flexibility index (Phi) is 3.83. The SMILES string of the molecule is Cn1ncnc1SCc1cc([N+](=O)[O-])ccc1Cl. The Hall–Kier alpha value is -1.60. The third-order valence-corrected chi connectivity index (χ3v) is 3.72. The summed E-state index contributed by atoms with van der Waals surface area (Å²) in [5.74, 6) is 0.507. The maximum Gasteiger partial charge on any atom is 0.269 e. The molecule has 1 aromatic carbocycles. The number of halogens is 1. The highest BCUT2D eigenvalue weighted by Gasteiger charge is 2.11. The van der Waals surface area contributed by atoms with Crippen molar-refractivity contribution in [1.29, 1.82) is 0 Å². The van der Waals surface area contributed by atoms with Crippen LogP contribution >= 0.6 is 23.4 Å². The van der Waals surface area contributed by atoms with Crippen molar-refractivity contribution in [3.8, 4) is 0 Å². The third-order valence-electron chi connectivity index (χ3n) is 2.27. The highest BCUT2D eigenvalue weighted by molar-refractivity contribution is 7.98. The van der Waals surface area contributed by atoms with Gasteiger partial charge in [0.1, 0.15) is 6.33 Å². The Labute approximate surface area is 112 Å². The molecule has 0 saturated heterocycles. The summed E-state index contributed by atoms with van der Waals surface area (Å²) >= 11 is 7.43. The first-order valence-electron chi connectivity index (χ1n) is 4.97. The van der Waals surface area contributed by atoms with Crippen LogP contribution in [0, 0.1) is 10.1 Å². The van der Waals surface area contributed by atoms with Crippen LogP contribution in [0.25, 0.3) is 0 Å². The summed E-state index contributed by atoms with van der Waals surface area (Å²) in [5.41, 5.74) is 0.742. The van der Waals surface area contributed by atoms with E-state index in [0.29, 0.717) is 16.3 Å². The van der Waals surface area contributed by atoms with Crippen molar-refractivity contribution in [3.05, 3.63) is 45.2 Å². The van der Waals surface area contributed by atoms with Crippen molar-refractivity contribution in [3.63, 3.8) is 0 Å². The van der Waals surface area contributed by atoms with Crippen LogP contribution < -0.4 is 0 Å². The fourth-order valence-corrected chi connectivity index (χ4v) is 2.49. The Morgan fingerprint density at radius 2 is 2.33 bits per heavy atom. The number of benzene rings is 1. The molecule has 0 N–H and O–H groups in total. The van der Waals surface area contributed by atoms with Crippen LogP contribution in [0.1, 0.15) is 5.56 Å². The lowest BCUT2D eigenvalue weighted by molar-refractivity contribution is -0.384. The Balaban J connectivity index is 2.16. The fraction of sp³-hybridized carbons (Fsp3) is 0.200. The number of thioether (sulfide) groups is 1. The normalized spacial score (nSPS) is 10.6. The minimum absolute atomic E-state index is 0.0352. The molecule has 0 unspecified atom stereocenters. The Morgan fingerprint density at radius 1 is 1.56 bits per heavy atom. The standard InChI is InChI=1S/C10H9ClN4O2S/c1-14-10(12-6-13-14)18-5-7-4-8(15(16)17)2-3-9(7)11/h2-4,6H,5H2,1H3. The van der Waals surface area contributed by atoms with Crippen LogP contribution in [-0.2, 0) is 12.8 Å². The van der Waals surface area contributed by atoms with Gasteiger partial charge in [0.25, 0.3) is 5.69 Å². The highest BCUT2D eigenvalue weighted by atomic mass is 35.5. The van der Waals surface area contributed by atoms with Gasteiger partial charge in [0, 0.05) is 30.0 Å². The lowest BCUT2D eigenvalue weighted by Crippen LogP contribution is -1.94. The maximum absolute atomic E-state index is 10.7. The molecule has 0 amide bonds. The van der Waals surface area contributed by atoms with E-state index in [1.807, 2.05) is 0 Å². The molecular formula is C10H9ClN4O2S. The van der Waals surface area contributed by atoms with Crippen LogP contribution in [0.2, 0.25) is 5.02 Å². The van der Waals surface area contributed by atoms with E-state index in [9.17, 15) is 10.1 Å². The quantitative estimate of drug-likeness (QED) is 0.490. The van der Waals surface area contributed by atoms with Gasteiger partial charge in [0.05, 0.1) is 4.92 Å². The van der Waals surface area contributed by atoms with Gasteiger partial charge in [-0.1, -0.05) is 23.4 Å². The first-order chi connectivity index (χ1) is 8.58. The number of aryl methyl sites for hydroxylation is 1. The van der Waals surface area contributed by atoms with Crippen molar-refractivity contribution in [2.45, 2.75) is 10.9 Å². The summed E-state index contributed by atoms with van der Waals surface area (Å²) in [7, 11) is 1.78. The predicted molar refractivity (Wildman–Crippen MR) is 68.7 cm³/mol. The maximum atomic E-state index is 10.7. The number of hydrogen-bond donors (Lipinski definition) is 0. The number of non-ortho nitro benzene ring substituents is 1. The average Bonchev–Trinajstić information content (AvgIpc) is 2.73. The predicted octanol–water partition coefficient (Wildman–Crippen LogP) is 2.67. The Morgan fingerprint density at radius 3 is 2.94 bits per heavy atom. The zero-order valence-electron chi connectivity index (χ0n) is 9.41. The number of nitrogens with zero attached hydrogens (tertiary/aromatic N) is 4. The minimum Gasteiger partial charge on any atom is -0.258 e. The molecule has 0 saturated carbocycles. The number of hydrogen-bond acceptors (Lipinski definition) is 5. The summed E-state index contributed by atoms with van der Waals surface area (Å²) in [6.45, 7) is 0. The smallest absolute Gasteiger partial charge is 0.258 e. The third kappa shape index (κ3) is 2.80. The van der Waals surface area contributed by atoms with Crippen LogP contribution in [0.15, 0.2) is 29.7 Å². The van der Waals surface area contributed by atoms with E-state index in [0.717, 1.165) is 5.16 Å². The molecule has 8 heteroatoms. The van der Waals surface area contributed by atoms with Crippen molar-refractivity contribution < 1.29 is 4.92 Å². The minimum atomic E-state index is -0.438. The number of rotatable bonds is 4. The monoisotopic (exact) mass is 284 g/mol. The van der Waals surface area contributed by atoms with Gasteiger partial charge in [0.15, 0.2) is 5.16 Å². The van der Waals surface area contributed by atoms with Gasteiger partial charge >= 0.3 is 0 Å². The van der Waals surface area contributed by atoms with Gasteiger partial charge in [0.2, 0.25) is 0 Å². The molecule has 0 spiro atoms. The molecule has 1 heterocycles. The van der Waals surface area contributed by atoms with Gasteiger partial charge in [-0.15, -0.1) is 0 Å². The van der Waals surface area contributed by atoms with Crippen LogP contribution in [0.4, 0.5) is 5.69 Å². The molecule has 0 radical (unpaired) electrons. The zero-order chi connectivity index (χ0) is 13.1. The molecule has 0 fully saturated rings. The second-order valence-electron chi connectivity index (χ2n) is 3.49. The van der Waals surface area contributed by atoms with Crippen molar-refractivity contribution >= 4 is 29.1 Å². The van der Waals surface area contributed by atoms with E-state index < -0.39 is 4.92 Å². The molecule has 18 heavy (non-hydrogen) atoms. The van der Waals surface area contributed by atoms with Crippen LogP contribution in [0.3, 0.4) is 0 Å². The van der Waals surface area contributed by atoms with Gasteiger partial charge < -0.3 is 0 Å². The second-order valence-corrected chi connectivity index (χ2v) is 4.84. The number of nitro groups is 1. The van der Waals surface area contributed by atoms with Crippen LogP contribution in [0.5, 0.6) is 0 Å². The number of nitro benzene ring substituents is 1. The molecule has 6 nitrogen and oxygen atoms in total. The summed E-state index contributed by atoms with van der Waals surface area (Å²) in [6.07, 6.45) is 1.46. The van der Waals surface area contributed by atoms with E-state index in [-0.39, 0.29) is 5.69 Å². The molecular weight excluding hydrogens is 276 g/mol. The van der Waals surface area contributed by atoms with E-state index >= 15 is 0 Å². The summed E-state index contributed by atoms with van der Waals surface area (Å²) in [6, 6.07) is 4.40. The lowest BCUT2D eigenvalue weighted by Gasteiger charge is -2.03. The fourth-order valence-electron chi connectivity index (χ4n) is 1.34. The average molecular weight is 285 g/mol. The Bertz CT molecular complexity index is 587. The molecule has 0 atom stereocenters. The second kappa shape index (κ2) is 5.36. The van der Waals surface area contributed by atoms with Crippen molar-refractivity contribution in [1.82, 2.24) is 14.8 Å².